The van der Waals surface area contributed by atoms with Gasteiger partial charge in [-0.1, -0.05) is 32.0 Å². The maximum Gasteiger partial charge on any atom is 0.267 e. The van der Waals surface area contributed by atoms with E-state index in [1.165, 1.54) is 22.8 Å². The molecule has 2 aromatic carbocycles. The molecule has 5 rings (SSSR count). The van der Waals surface area contributed by atoms with E-state index < -0.39 is 17.3 Å². The van der Waals surface area contributed by atoms with Crippen LogP contribution in [-0.2, 0) is 0 Å². The van der Waals surface area contributed by atoms with E-state index in [9.17, 15) is 14.0 Å². The van der Waals surface area contributed by atoms with Crippen LogP contribution in [0.3, 0.4) is 0 Å². The van der Waals surface area contributed by atoms with Crippen molar-refractivity contribution in [2.24, 2.45) is 0 Å². The summed E-state index contributed by atoms with van der Waals surface area (Å²) in [4.78, 5) is 34.3. The minimum absolute atomic E-state index is 0.0389. The summed E-state index contributed by atoms with van der Waals surface area (Å²) < 4.78 is 22.0. The molecule has 2 aromatic heterocycles. The molecule has 0 atom stereocenters. The molecule has 1 saturated heterocycles. The minimum atomic E-state index is -0.688. The predicted molar refractivity (Wildman–Crippen MR) is 167 cm³/mol. The van der Waals surface area contributed by atoms with Gasteiger partial charge in [0.1, 0.15) is 17.1 Å². The van der Waals surface area contributed by atoms with Gasteiger partial charge in [-0.25, -0.2) is 9.37 Å². The number of amides is 1. The first kappa shape index (κ1) is 30.4. The summed E-state index contributed by atoms with van der Waals surface area (Å²) in [6.45, 7) is 7.48. The van der Waals surface area contributed by atoms with Gasteiger partial charge >= 0.3 is 0 Å². The van der Waals surface area contributed by atoms with Crippen molar-refractivity contribution >= 4 is 34.7 Å². The third-order valence-electron chi connectivity index (χ3n) is 6.40. The van der Waals surface area contributed by atoms with Gasteiger partial charge < -0.3 is 25.2 Å². The molecule has 1 aliphatic rings. The summed E-state index contributed by atoms with van der Waals surface area (Å²) in [7, 11) is 2.07. The molecule has 1 aliphatic heterocycles. The monoisotopic (exact) mass is 588 g/mol. The van der Waals surface area contributed by atoms with E-state index in [1.807, 2.05) is 19.9 Å². The zero-order chi connectivity index (χ0) is 30.1. The van der Waals surface area contributed by atoms with E-state index in [0.717, 1.165) is 32.2 Å². The van der Waals surface area contributed by atoms with Gasteiger partial charge in [-0.2, -0.15) is 0 Å². The number of nitrogens with one attached hydrogen (secondary N) is 2. The quantitative estimate of drug-likeness (QED) is 0.290. The molecule has 3 heterocycles. The Morgan fingerprint density at radius 1 is 0.952 bits per heavy atom. The molecule has 0 radical (unpaired) electrons. The highest BCUT2D eigenvalue weighted by Crippen LogP contribution is 2.28. The van der Waals surface area contributed by atoms with Gasteiger partial charge in [0.05, 0.1) is 0 Å². The predicted octanol–water partition coefficient (Wildman–Crippen LogP) is 5.39. The van der Waals surface area contributed by atoms with Crippen LogP contribution in [-0.4, -0.2) is 63.6 Å². The largest absolute Gasteiger partial charge is 0.454 e. The zero-order valence-corrected chi connectivity index (χ0v) is 24.5. The fraction of sp³-hybridized carbons (Fsp3) is 0.226. The summed E-state index contributed by atoms with van der Waals surface area (Å²) in [5.74, 6) is -0.533. The first-order valence-electron chi connectivity index (χ1n) is 13.6. The number of hydrogen-bond donors (Lipinski definition) is 2. The summed E-state index contributed by atoms with van der Waals surface area (Å²) >= 11 is 5.51. The van der Waals surface area contributed by atoms with E-state index in [1.54, 1.807) is 54.9 Å². The third kappa shape index (κ3) is 7.56. The number of hydrogen-bond acceptors (Lipinski definition) is 6. The molecule has 4 aromatic rings. The lowest BCUT2D eigenvalue weighted by molar-refractivity contribution is 0.102. The van der Waals surface area contributed by atoms with Crippen LogP contribution in [0.4, 0.5) is 15.9 Å². The van der Waals surface area contributed by atoms with E-state index >= 15 is 0 Å². The van der Waals surface area contributed by atoms with Gasteiger partial charge in [-0.05, 0) is 61.7 Å². The van der Waals surface area contributed by atoms with Crippen molar-refractivity contribution in [3.63, 3.8) is 0 Å². The second-order valence-corrected chi connectivity index (χ2v) is 9.62. The molecule has 0 unspecified atom stereocenters. The fourth-order valence-corrected chi connectivity index (χ4v) is 4.47. The summed E-state index contributed by atoms with van der Waals surface area (Å²) in [5, 5.41) is 6.26. The Hall–Kier alpha value is -4.61. The molecule has 9 nitrogen and oxygen atoms in total. The maximum absolute atomic E-state index is 14.9. The number of pyridine rings is 2. The SMILES string of the molecule is CC.CN1CCN(C(=S)Nc2cc(Oc3ccc(NC(=O)c4cccn(-c5ccccc5)c4=O)cc3F)ccn2)CC1. The van der Waals surface area contributed by atoms with Crippen LogP contribution in [0.2, 0.25) is 0 Å². The van der Waals surface area contributed by atoms with Gasteiger partial charge in [-0.3, -0.25) is 14.2 Å². The molecule has 42 heavy (non-hydrogen) atoms. The molecule has 0 saturated carbocycles. The van der Waals surface area contributed by atoms with E-state index in [0.29, 0.717) is 22.4 Å². The van der Waals surface area contributed by atoms with Crippen molar-refractivity contribution in [1.29, 1.82) is 0 Å². The molecule has 0 spiro atoms. The van der Waals surface area contributed by atoms with Crippen LogP contribution in [0.15, 0.2) is 90.0 Å². The molecule has 1 fully saturated rings. The highest BCUT2D eigenvalue weighted by atomic mass is 32.1. The van der Waals surface area contributed by atoms with Crippen LogP contribution in [0.25, 0.3) is 5.69 Å². The van der Waals surface area contributed by atoms with Crippen LogP contribution >= 0.6 is 12.2 Å². The van der Waals surface area contributed by atoms with Crippen molar-refractivity contribution in [3.05, 3.63) is 107 Å². The van der Waals surface area contributed by atoms with Crippen LogP contribution in [0, 0.1) is 5.82 Å². The number of halogens is 1. The number of anilines is 2. The first-order valence-corrected chi connectivity index (χ1v) is 14.0. The average molecular weight is 589 g/mol. The standard InChI is InChI=1S/C29H27FN6O3S.C2H6/c1-34-14-16-35(17-15-34)29(40)33-26-19-22(11-12-31-26)39-25-10-9-20(18-24(25)30)32-27(37)23-8-5-13-36(28(23)38)21-6-3-2-4-7-21;1-2/h2-13,18-19H,14-17H2,1H3,(H,32,37)(H,31,33,40);1-2H3. The number of likely N-dealkylation sites (N-methyl/N-ethyl adjacent to an activating group) is 1. The van der Waals surface area contributed by atoms with Crippen molar-refractivity contribution in [1.82, 2.24) is 19.4 Å². The minimum Gasteiger partial charge on any atom is -0.454 e. The van der Waals surface area contributed by atoms with E-state index in [-0.39, 0.29) is 17.0 Å². The Kier molecular flexibility index (Phi) is 10.4. The normalized spacial score (nSPS) is 13.0. The van der Waals surface area contributed by atoms with Gasteiger partial charge in [0.25, 0.3) is 11.5 Å². The number of para-hydroxylation sites is 1. The number of nitrogens with zero attached hydrogens (tertiary/aromatic N) is 4. The first-order chi connectivity index (χ1) is 20.4. The average Bonchev–Trinajstić information content (AvgIpc) is 3.00. The second-order valence-electron chi connectivity index (χ2n) is 9.23. The van der Waals surface area contributed by atoms with Crippen LogP contribution < -0.4 is 20.9 Å². The smallest absolute Gasteiger partial charge is 0.267 e. The Morgan fingerprint density at radius 3 is 2.40 bits per heavy atom. The number of aromatic nitrogens is 2. The summed E-state index contributed by atoms with van der Waals surface area (Å²) in [5.41, 5.74) is 0.253. The highest BCUT2D eigenvalue weighted by molar-refractivity contribution is 7.80. The lowest BCUT2D eigenvalue weighted by Crippen LogP contribution is -2.48. The maximum atomic E-state index is 14.9. The molecular formula is C31H33FN6O3S. The molecule has 218 valence electrons. The van der Waals surface area contributed by atoms with Crippen LogP contribution in [0.5, 0.6) is 11.5 Å². The molecule has 2 N–H and O–H groups in total. The number of rotatable bonds is 6. The van der Waals surface area contributed by atoms with Crippen molar-refractivity contribution in [3.8, 4) is 17.2 Å². The number of carbonyl (C=O) groups is 1. The number of carbonyl (C=O) groups excluding carboxylic acids is 1. The molecule has 1 amide bonds. The van der Waals surface area contributed by atoms with Gasteiger partial charge in [0.2, 0.25) is 0 Å². The topological polar surface area (TPSA) is 91.7 Å². The Bertz CT molecular complexity index is 1590. The number of thiocarbonyl (C=S) groups is 1. The Labute approximate surface area is 249 Å². The van der Waals surface area contributed by atoms with Gasteiger partial charge in [0.15, 0.2) is 16.7 Å². The fourth-order valence-electron chi connectivity index (χ4n) is 4.19. The molecule has 0 aliphatic carbocycles. The Balaban J connectivity index is 0.00000198. The summed E-state index contributed by atoms with van der Waals surface area (Å²) in [6.07, 6.45) is 3.12. The molecular weight excluding hydrogens is 555 g/mol. The zero-order valence-electron chi connectivity index (χ0n) is 23.7. The Morgan fingerprint density at radius 2 is 1.69 bits per heavy atom. The third-order valence-corrected chi connectivity index (χ3v) is 6.76. The van der Waals surface area contributed by atoms with E-state index in [4.69, 9.17) is 17.0 Å². The van der Waals surface area contributed by atoms with Gasteiger partial charge in [0, 0.05) is 62.1 Å². The second kappa shape index (κ2) is 14.3. The highest BCUT2D eigenvalue weighted by Gasteiger charge is 2.18. The van der Waals surface area contributed by atoms with Crippen LogP contribution in [0.1, 0.15) is 24.2 Å². The lowest BCUT2D eigenvalue weighted by atomic mass is 10.2. The molecule has 0 bridgehead atoms. The van der Waals surface area contributed by atoms with Crippen molar-refractivity contribution in [2.45, 2.75) is 13.8 Å². The lowest BCUT2D eigenvalue weighted by Gasteiger charge is -2.34. The number of piperazine rings is 1. The van der Waals surface area contributed by atoms with Crippen molar-refractivity contribution in [2.75, 3.05) is 43.9 Å². The number of benzene rings is 2. The summed E-state index contributed by atoms with van der Waals surface area (Å²) in [6, 6.07) is 19.3. The van der Waals surface area contributed by atoms with Gasteiger partial charge in [-0.15, -0.1) is 0 Å². The van der Waals surface area contributed by atoms with Crippen molar-refractivity contribution < 1.29 is 13.9 Å². The molecule has 11 heteroatoms. The van der Waals surface area contributed by atoms with E-state index in [2.05, 4.69) is 32.5 Å². The number of ether oxygens (including phenoxy) is 1.